The van der Waals surface area contributed by atoms with Crippen molar-refractivity contribution >= 4 is 17.3 Å². The highest BCUT2D eigenvalue weighted by molar-refractivity contribution is 5.97. The maximum absolute atomic E-state index is 12.6. The molecule has 1 fully saturated rings. The van der Waals surface area contributed by atoms with Crippen LogP contribution in [0.4, 0.5) is 11.4 Å². The second-order valence-corrected chi connectivity index (χ2v) is 5.80. The molecule has 2 aromatic carbocycles. The van der Waals surface area contributed by atoms with Gasteiger partial charge in [-0.15, -0.1) is 0 Å². The minimum Gasteiger partial charge on any atom is -0.370 e. The van der Waals surface area contributed by atoms with Gasteiger partial charge in [-0.1, -0.05) is 42.5 Å². The molecule has 3 heteroatoms. The van der Waals surface area contributed by atoms with E-state index >= 15 is 0 Å². The number of carbonyl (C=O) groups is 1. The first-order valence-corrected chi connectivity index (χ1v) is 7.90. The van der Waals surface area contributed by atoms with Crippen LogP contribution in [0.1, 0.15) is 18.4 Å². The molecule has 0 N–H and O–H groups in total. The second kappa shape index (κ2) is 6.65. The fourth-order valence-electron chi connectivity index (χ4n) is 3.00. The van der Waals surface area contributed by atoms with E-state index in [1.165, 1.54) is 18.5 Å². The molecule has 0 bridgehead atoms. The third kappa shape index (κ3) is 3.14. The van der Waals surface area contributed by atoms with Gasteiger partial charge in [0.2, 0.25) is 5.91 Å². The monoisotopic (exact) mass is 294 g/mol. The Hall–Kier alpha value is -2.29. The van der Waals surface area contributed by atoms with Crippen LogP contribution in [0.3, 0.4) is 0 Å². The molecule has 114 valence electrons. The zero-order valence-electron chi connectivity index (χ0n) is 13.0. The van der Waals surface area contributed by atoms with E-state index in [1.807, 2.05) is 55.6 Å². The van der Waals surface area contributed by atoms with Crippen LogP contribution in [0, 0.1) is 0 Å². The Bertz CT molecular complexity index is 633. The van der Waals surface area contributed by atoms with Gasteiger partial charge in [0.1, 0.15) is 0 Å². The summed E-state index contributed by atoms with van der Waals surface area (Å²) in [4.78, 5) is 16.8. The van der Waals surface area contributed by atoms with E-state index in [9.17, 15) is 4.79 Å². The summed E-state index contributed by atoms with van der Waals surface area (Å²) in [6, 6.07) is 18.1. The number of rotatable bonds is 4. The number of hydrogen-bond acceptors (Lipinski definition) is 2. The van der Waals surface area contributed by atoms with Gasteiger partial charge in [0.25, 0.3) is 0 Å². The van der Waals surface area contributed by atoms with Gasteiger partial charge in [-0.2, -0.15) is 0 Å². The zero-order valence-corrected chi connectivity index (χ0v) is 13.0. The first-order valence-electron chi connectivity index (χ1n) is 7.90. The maximum Gasteiger partial charge on any atom is 0.231 e. The smallest absolute Gasteiger partial charge is 0.231 e. The van der Waals surface area contributed by atoms with Crippen molar-refractivity contribution in [2.45, 2.75) is 19.3 Å². The molecule has 3 rings (SSSR count). The summed E-state index contributed by atoms with van der Waals surface area (Å²) >= 11 is 0. The van der Waals surface area contributed by atoms with Gasteiger partial charge in [-0.25, -0.2) is 0 Å². The fourth-order valence-corrected chi connectivity index (χ4v) is 3.00. The summed E-state index contributed by atoms with van der Waals surface area (Å²) in [7, 11) is 1.88. The molecule has 3 nitrogen and oxygen atoms in total. The van der Waals surface area contributed by atoms with Crippen molar-refractivity contribution < 1.29 is 4.79 Å². The van der Waals surface area contributed by atoms with E-state index in [2.05, 4.69) is 11.0 Å². The Labute approximate surface area is 132 Å². The van der Waals surface area contributed by atoms with Crippen LogP contribution in [0.2, 0.25) is 0 Å². The van der Waals surface area contributed by atoms with Crippen molar-refractivity contribution in [3.63, 3.8) is 0 Å². The molecule has 1 heterocycles. The molecule has 1 aliphatic heterocycles. The number of carbonyl (C=O) groups excluding carboxylic acids is 1. The Morgan fingerprint density at radius 3 is 2.36 bits per heavy atom. The van der Waals surface area contributed by atoms with Gasteiger partial charge in [0, 0.05) is 20.1 Å². The molecule has 0 spiro atoms. The van der Waals surface area contributed by atoms with Crippen molar-refractivity contribution in [3.05, 3.63) is 60.2 Å². The third-order valence-corrected chi connectivity index (χ3v) is 4.26. The molecule has 0 aliphatic carbocycles. The lowest BCUT2D eigenvalue weighted by Crippen LogP contribution is -2.30. The highest BCUT2D eigenvalue weighted by Crippen LogP contribution is 2.31. The van der Waals surface area contributed by atoms with Crippen LogP contribution in [-0.4, -0.2) is 26.0 Å². The van der Waals surface area contributed by atoms with Gasteiger partial charge in [-0.3, -0.25) is 4.79 Å². The lowest BCUT2D eigenvalue weighted by molar-refractivity contribution is -0.117. The maximum atomic E-state index is 12.6. The number of nitrogens with zero attached hydrogens (tertiary/aromatic N) is 2. The number of amides is 1. The average Bonchev–Trinajstić information content (AvgIpc) is 3.09. The molecule has 2 aromatic rings. The van der Waals surface area contributed by atoms with E-state index in [0.717, 1.165) is 24.3 Å². The topological polar surface area (TPSA) is 23.6 Å². The fraction of sp³-hybridized carbons (Fsp3) is 0.316. The highest BCUT2D eigenvalue weighted by Gasteiger charge is 2.20. The molecule has 22 heavy (non-hydrogen) atoms. The van der Waals surface area contributed by atoms with E-state index in [4.69, 9.17) is 0 Å². The quantitative estimate of drug-likeness (QED) is 0.861. The van der Waals surface area contributed by atoms with Gasteiger partial charge in [-0.05, 0) is 30.5 Å². The summed E-state index contributed by atoms with van der Waals surface area (Å²) < 4.78 is 0. The molecule has 0 radical (unpaired) electrons. The molecular weight excluding hydrogens is 272 g/mol. The van der Waals surface area contributed by atoms with Gasteiger partial charge in [0.15, 0.2) is 0 Å². The average molecular weight is 294 g/mol. The molecule has 1 aliphatic rings. The number of hydrogen-bond donors (Lipinski definition) is 0. The van der Waals surface area contributed by atoms with E-state index in [0.29, 0.717) is 6.42 Å². The molecule has 1 saturated heterocycles. The SMILES string of the molecule is CN(C(=O)Cc1ccccc1)c1ccccc1N1CCCC1. The summed E-state index contributed by atoms with van der Waals surface area (Å²) in [6.07, 6.45) is 2.90. The number of likely N-dealkylation sites (N-methyl/N-ethyl adjacent to an activating group) is 1. The van der Waals surface area contributed by atoms with Crippen molar-refractivity contribution in [2.24, 2.45) is 0 Å². The van der Waals surface area contributed by atoms with Crippen LogP contribution in [0.5, 0.6) is 0 Å². The van der Waals surface area contributed by atoms with Crippen molar-refractivity contribution in [2.75, 3.05) is 29.9 Å². The molecule has 0 atom stereocenters. The first-order chi connectivity index (χ1) is 10.8. The largest absolute Gasteiger partial charge is 0.370 e. The zero-order chi connectivity index (χ0) is 15.4. The number of benzene rings is 2. The molecule has 0 saturated carbocycles. The normalized spacial score (nSPS) is 14.1. The molecule has 0 aromatic heterocycles. The van der Waals surface area contributed by atoms with Crippen LogP contribution >= 0.6 is 0 Å². The predicted molar refractivity (Wildman–Crippen MR) is 91.4 cm³/mol. The van der Waals surface area contributed by atoms with Crippen molar-refractivity contribution in [3.8, 4) is 0 Å². The lowest BCUT2D eigenvalue weighted by Gasteiger charge is -2.26. The molecule has 1 amide bonds. The number of para-hydroxylation sites is 2. The van der Waals surface area contributed by atoms with Gasteiger partial charge < -0.3 is 9.80 Å². The molecular formula is C19H22N2O. The highest BCUT2D eigenvalue weighted by atomic mass is 16.2. The summed E-state index contributed by atoms with van der Waals surface area (Å²) in [6.45, 7) is 2.16. The van der Waals surface area contributed by atoms with E-state index < -0.39 is 0 Å². The Kier molecular flexibility index (Phi) is 4.42. The predicted octanol–water partition coefficient (Wildman–Crippen LogP) is 3.49. The minimum atomic E-state index is 0.123. The second-order valence-electron chi connectivity index (χ2n) is 5.80. The Balaban J connectivity index is 1.79. The van der Waals surface area contributed by atoms with E-state index in [1.54, 1.807) is 4.90 Å². The lowest BCUT2D eigenvalue weighted by atomic mass is 10.1. The van der Waals surface area contributed by atoms with Crippen molar-refractivity contribution in [1.29, 1.82) is 0 Å². The Morgan fingerprint density at radius 2 is 1.64 bits per heavy atom. The summed E-state index contributed by atoms with van der Waals surface area (Å²) in [5, 5.41) is 0. The van der Waals surface area contributed by atoms with E-state index in [-0.39, 0.29) is 5.91 Å². The first kappa shape index (κ1) is 14.6. The van der Waals surface area contributed by atoms with Crippen LogP contribution in [0.25, 0.3) is 0 Å². The van der Waals surface area contributed by atoms with Crippen LogP contribution in [-0.2, 0) is 11.2 Å². The van der Waals surface area contributed by atoms with Crippen molar-refractivity contribution in [1.82, 2.24) is 0 Å². The summed E-state index contributed by atoms with van der Waals surface area (Å²) in [5.74, 6) is 0.123. The summed E-state index contributed by atoms with van der Waals surface area (Å²) in [5.41, 5.74) is 3.23. The van der Waals surface area contributed by atoms with Crippen LogP contribution in [0.15, 0.2) is 54.6 Å². The minimum absolute atomic E-state index is 0.123. The third-order valence-electron chi connectivity index (χ3n) is 4.26. The van der Waals surface area contributed by atoms with Gasteiger partial charge >= 0.3 is 0 Å². The number of anilines is 2. The van der Waals surface area contributed by atoms with Crippen LogP contribution < -0.4 is 9.80 Å². The Morgan fingerprint density at radius 1 is 1.00 bits per heavy atom. The standard InChI is InChI=1S/C19H22N2O/c1-20(19(22)15-16-9-3-2-4-10-16)17-11-5-6-12-18(17)21-13-7-8-14-21/h2-6,9-12H,7-8,13-15H2,1H3. The van der Waals surface area contributed by atoms with Gasteiger partial charge in [0.05, 0.1) is 17.8 Å². The molecule has 0 unspecified atom stereocenters.